The molecule has 1 aromatic carbocycles. The Hall–Kier alpha value is -0.780. The first-order valence-electron chi connectivity index (χ1n) is 4.43. The number of carbonyl (C=O) groups excluding carboxylic acids is 1. The zero-order valence-corrected chi connectivity index (χ0v) is 11.3. The molecule has 0 N–H and O–H groups in total. The lowest BCUT2D eigenvalue weighted by Crippen LogP contribution is -2.06. The fraction of sp³-hybridized carbons (Fsp3) is 0. The molecule has 0 amide bonds. The van der Waals surface area contributed by atoms with Crippen molar-refractivity contribution in [2.45, 2.75) is 0 Å². The summed E-state index contributed by atoms with van der Waals surface area (Å²) in [5, 5.41) is 1.78. The molecule has 0 saturated carbocycles. The predicted molar refractivity (Wildman–Crippen MR) is 66.8 cm³/mol. The van der Waals surface area contributed by atoms with Gasteiger partial charge in [0.15, 0.2) is 0 Å². The lowest BCUT2D eigenvalue weighted by Gasteiger charge is -2.03. The van der Waals surface area contributed by atoms with Crippen LogP contribution in [-0.4, -0.2) is 5.78 Å². The highest BCUT2D eigenvalue weighted by Gasteiger charge is 2.22. The van der Waals surface area contributed by atoms with Gasteiger partial charge in [0, 0.05) is 4.47 Å². The first-order valence-corrected chi connectivity index (χ1v) is 6.48. The van der Waals surface area contributed by atoms with Crippen molar-refractivity contribution in [3.63, 3.8) is 0 Å². The summed E-state index contributed by atoms with van der Waals surface area (Å²) in [6.07, 6.45) is 0. The van der Waals surface area contributed by atoms with E-state index in [1.807, 2.05) is 0 Å². The number of ketones is 1. The zero-order valence-electron chi connectivity index (χ0n) is 8.14. The van der Waals surface area contributed by atoms with Crippen molar-refractivity contribution >= 4 is 44.7 Å². The summed E-state index contributed by atoms with van der Waals surface area (Å²) >= 11 is 9.75. The molecule has 0 aliphatic carbocycles. The van der Waals surface area contributed by atoms with E-state index in [0.29, 0.717) is 0 Å². The van der Waals surface area contributed by atoms with Crippen LogP contribution in [0.1, 0.15) is 15.2 Å². The lowest BCUT2D eigenvalue weighted by atomic mass is 10.1. The molecule has 0 aliphatic rings. The molecule has 1 aromatic heterocycles. The fourth-order valence-corrected chi connectivity index (χ4v) is 2.82. The molecule has 0 bridgehead atoms. The molecule has 2 aromatic rings. The summed E-state index contributed by atoms with van der Waals surface area (Å²) < 4.78 is 27.3. The second kappa shape index (κ2) is 4.84. The molecule has 88 valence electrons. The average Bonchev–Trinajstić information content (AvgIpc) is 2.62. The number of thiophene rings is 1. The van der Waals surface area contributed by atoms with Gasteiger partial charge < -0.3 is 0 Å². The Balaban J connectivity index is 2.56. The Kier molecular flexibility index (Phi) is 3.61. The number of hydrogen-bond donors (Lipinski definition) is 0. The van der Waals surface area contributed by atoms with Crippen molar-refractivity contribution in [3.8, 4) is 0 Å². The van der Waals surface area contributed by atoms with Crippen molar-refractivity contribution in [2.24, 2.45) is 0 Å². The maximum atomic E-state index is 13.6. The monoisotopic (exact) mass is 336 g/mol. The van der Waals surface area contributed by atoms with E-state index in [-0.39, 0.29) is 14.4 Å². The summed E-state index contributed by atoms with van der Waals surface area (Å²) in [5.74, 6) is -2.56. The Morgan fingerprint density at radius 1 is 1.29 bits per heavy atom. The second-order valence-corrected chi connectivity index (χ2v) is 5.41. The number of carbonyl (C=O) groups is 1. The van der Waals surface area contributed by atoms with E-state index in [9.17, 15) is 13.6 Å². The second-order valence-electron chi connectivity index (χ2n) is 3.17. The Morgan fingerprint density at radius 3 is 2.35 bits per heavy atom. The molecular weight excluding hydrogens is 334 g/mol. The molecule has 6 heteroatoms. The smallest absolute Gasteiger partial charge is 0.210 e. The lowest BCUT2D eigenvalue weighted by molar-refractivity contribution is 0.103. The van der Waals surface area contributed by atoms with E-state index in [4.69, 9.17) is 11.6 Å². The molecular formula is C11H4BrClF2OS. The first-order chi connectivity index (χ1) is 8.00. The van der Waals surface area contributed by atoms with Crippen molar-refractivity contribution in [2.75, 3.05) is 0 Å². The molecule has 0 unspecified atom stereocenters. The fourth-order valence-electron chi connectivity index (χ4n) is 1.33. The van der Waals surface area contributed by atoms with E-state index in [0.717, 1.165) is 23.5 Å². The molecule has 0 fully saturated rings. The molecule has 1 heterocycles. The minimum atomic E-state index is -0.911. The van der Waals surface area contributed by atoms with Gasteiger partial charge in [0.1, 0.15) is 11.6 Å². The quantitative estimate of drug-likeness (QED) is 0.728. The highest BCUT2D eigenvalue weighted by molar-refractivity contribution is 9.10. The van der Waals surface area contributed by atoms with Crippen molar-refractivity contribution in [1.29, 1.82) is 0 Å². The maximum absolute atomic E-state index is 13.6. The third kappa shape index (κ3) is 2.41. The third-order valence-electron chi connectivity index (χ3n) is 2.06. The van der Waals surface area contributed by atoms with Crippen LogP contribution in [0.15, 0.2) is 28.1 Å². The maximum Gasteiger partial charge on any atom is 0.210 e. The Bertz CT molecular complexity index is 574. The van der Waals surface area contributed by atoms with Crippen LogP contribution in [0.4, 0.5) is 8.78 Å². The van der Waals surface area contributed by atoms with Crippen LogP contribution >= 0.6 is 38.9 Å². The third-order valence-corrected chi connectivity index (χ3v) is 3.86. The molecule has 0 radical (unpaired) electrons. The molecule has 17 heavy (non-hydrogen) atoms. The molecule has 0 atom stereocenters. The largest absolute Gasteiger partial charge is 0.287 e. The van der Waals surface area contributed by atoms with Crippen LogP contribution < -0.4 is 0 Å². The van der Waals surface area contributed by atoms with E-state index in [1.54, 1.807) is 5.38 Å². The minimum Gasteiger partial charge on any atom is -0.287 e. The Morgan fingerprint density at radius 2 is 1.88 bits per heavy atom. The van der Waals surface area contributed by atoms with Gasteiger partial charge in [-0.15, -0.1) is 11.3 Å². The Labute approximate surface area is 113 Å². The number of halogens is 4. The molecule has 0 spiro atoms. The van der Waals surface area contributed by atoms with Gasteiger partial charge in [-0.25, -0.2) is 8.78 Å². The highest BCUT2D eigenvalue weighted by atomic mass is 79.9. The predicted octanol–water partition coefficient (Wildman–Crippen LogP) is 4.67. The van der Waals surface area contributed by atoms with Gasteiger partial charge in [0.05, 0.1) is 15.5 Å². The summed E-state index contributed by atoms with van der Waals surface area (Å²) in [6.45, 7) is 0. The van der Waals surface area contributed by atoms with E-state index in [1.165, 1.54) is 6.07 Å². The highest BCUT2D eigenvalue weighted by Crippen LogP contribution is 2.28. The summed E-state index contributed by atoms with van der Waals surface area (Å²) in [6, 6.07) is 3.59. The molecule has 2 rings (SSSR count). The summed E-state index contributed by atoms with van der Waals surface area (Å²) in [4.78, 5) is 12.0. The average molecular weight is 338 g/mol. The van der Waals surface area contributed by atoms with Crippen LogP contribution in [0.2, 0.25) is 5.02 Å². The van der Waals surface area contributed by atoms with Gasteiger partial charge in [-0.05, 0) is 23.6 Å². The van der Waals surface area contributed by atoms with E-state index >= 15 is 0 Å². The van der Waals surface area contributed by atoms with Gasteiger partial charge >= 0.3 is 0 Å². The number of benzene rings is 1. The zero-order chi connectivity index (χ0) is 12.6. The van der Waals surface area contributed by atoms with Gasteiger partial charge in [-0.3, -0.25) is 4.79 Å². The minimum absolute atomic E-state index is 0.131. The standard InChI is InChI=1S/C11H4BrClF2OS/c12-5-3-7(14)9(8(15)4-5)10(16)11-6(13)1-2-17-11/h1-4H. The molecule has 0 aliphatic heterocycles. The van der Waals surface area contributed by atoms with Crippen LogP contribution in [0.3, 0.4) is 0 Å². The van der Waals surface area contributed by atoms with E-state index in [2.05, 4.69) is 15.9 Å². The number of hydrogen-bond acceptors (Lipinski definition) is 2. The molecule has 1 nitrogen and oxygen atoms in total. The van der Waals surface area contributed by atoms with Gasteiger partial charge in [-0.2, -0.15) is 0 Å². The topological polar surface area (TPSA) is 17.1 Å². The van der Waals surface area contributed by atoms with Crippen LogP contribution in [-0.2, 0) is 0 Å². The first kappa shape index (κ1) is 12.7. The molecule has 0 saturated heterocycles. The van der Waals surface area contributed by atoms with Gasteiger partial charge in [0.25, 0.3) is 0 Å². The van der Waals surface area contributed by atoms with E-state index < -0.39 is 23.0 Å². The van der Waals surface area contributed by atoms with Crippen LogP contribution in [0, 0.1) is 11.6 Å². The van der Waals surface area contributed by atoms with Gasteiger partial charge in [-0.1, -0.05) is 27.5 Å². The van der Waals surface area contributed by atoms with Crippen molar-refractivity contribution < 1.29 is 13.6 Å². The summed E-state index contributed by atoms with van der Waals surface area (Å²) in [7, 11) is 0. The van der Waals surface area contributed by atoms with Crippen LogP contribution in [0.5, 0.6) is 0 Å². The van der Waals surface area contributed by atoms with Gasteiger partial charge in [0.2, 0.25) is 5.78 Å². The summed E-state index contributed by atoms with van der Waals surface area (Å²) in [5.41, 5.74) is -0.586. The van der Waals surface area contributed by atoms with Crippen molar-refractivity contribution in [1.82, 2.24) is 0 Å². The SMILES string of the molecule is O=C(c1sccc1Cl)c1c(F)cc(Br)cc1F. The van der Waals surface area contributed by atoms with Crippen molar-refractivity contribution in [3.05, 3.63) is 55.1 Å². The number of rotatable bonds is 2. The normalized spacial score (nSPS) is 10.6. The van der Waals surface area contributed by atoms with Crippen LogP contribution in [0.25, 0.3) is 0 Å².